The van der Waals surface area contributed by atoms with Crippen LogP contribution in [0.2, 0.25) is 0 Å². The van der Waals surface area contributed by atoms with Gasteiger partial charge in [0.15, 0.2) is 11.5 Å². The van der Waals surface area contributed by atoms with E-state index < -0.39 is 11.2 Å². The molecule has 42 heavy (non-hydrogen) atoms. The lowest BCUT2D eigenvalue weighted by atomic mass is 9.82. The molecule has 1 fully saturated rings. The third-order valence-corrected chi connectivity index (χ3v) is 7.32. The van der Waals surface area contributed by atoms with Crippen molar-refractivity contribution in [2.24, 2.45) is 0 Å². The number of carbonyl (C=O) groups excluding carboxylic acids is 1. The highest BCUT2D eigenvalue weighted by molar-refractivity contribution is 5.87. The summed E-state index contributed by atoms with van der Waals surface area (Å²) in [6.45, 7) is 8.94. The fourth-order valence-corrected chi connectivity index (χ4v) is 5.30. The predicted molar refractivity (Wildman–Crippen MR) is 160 cm³/mol. The first kappa shape index (κ1) is 28.7. The standard InChI is InChI=1S/C32H36N6O4/c1-5-40-26-16-21(14-23-19-36-29(35)37-28(23)34)15-24-25(22-8-6-20(18-33)7-9-22)17-32(41-27(24)26)10-12-38(13-11-32)30(39)42-31(2,3)4/h6-9,15-17,19H,5,10-14H2,1-4H3,(H4,34,35,36,37). The molecular weight excluding hydrogens is 532 g/mol. The van der Waals surface area contributed by atoms with Crippen LogP contribution < -0.4 is 20.9 Å². The van der Waals surface area contributed by atoms with Gasteiger partial charge in [0.05, 0.1) is 18.2 Å². The number of nitriles is 1. The highest BCUT2D eigenvalue weighted by Crippen LogP contribution is 2.48. The first-order chi connectivity index (χ1) is 20.0. The van der Waals surface area contributed by atoms with Crippen LogP contribution in [0.25, 0.3) is 5.57 Å². The van der Waals surface area contributed by atoms with E-state index in [9.17, 15) is 10.1 Å². The maximum atomic E-state index is 12.8. The molecule has 10 heteroatoms. The molecule has 0 unspecified atom stereocenters. The largest absolute Gasteiger partial charge is 0.490 e. The summed E-state index contributed by atoms with van der Waals surface area (Å²) in [7, 11) is 0. The van der Waals surface area contributed by atoms with E-state index in [-0.39, 0.29) is 12.0 Å². The van der Waals surface area contributed by atoms with Crippen molar-refractivity contribution in [3.05, 3.63) is 76.5 Å². The predicted octanol–water partition coefficient (Wildman–Crippen LogP) is 5.10. The topological polar surface area (TPSA) is 150 Å². The van der Waals surface area contributed by atoms with Crippen LogP contribution in [-0.2, 0) is 11.2 Å². The number of piperidine rings is 1. The van der Waals surface area contributed by atoms with Gasteiger partial charge in [-0.1, -0.05) is 12.1 Å². The van der Waals surface area contributed by atoms with Crippen molar-refractivity contribution in [3.63, 3.8) is 0 Å². The summed E-state index contributed by atoms with van der Waals surface area (Å²) in [5, 5.41) is 9.38. The van der Waals surface area contributed by atoms with E-state index in [4.69, 9.17) is 25.7 Å². The maximum absolute atomic E-state index is 12.8. The quantitative estimate of drug-likeness (QED) is 0.429. The van der Waals surface area contributed by atoms with Crippen LogP contribution in [0, 0.1) is 11.3 Å². The first-order valence-corrected chi connectivity index (χ1v) is 14.1. The van der Waals surface area contributed by atoms with E-state index in [2.05, 4.69) is 28.2 Å². The molecule has 2 aliphatic rings. The highest BCUT2D eigenvalue weighted by atomic mass is 16.6. The van der Waals surface area contributed by atoms with Crippen LogP contribution in [0.1, 0.15) is 68.4 Å². The van der Waals surface area contributed by atoms with Crippen molar-refractivity contribution >= 4 is 23.4 Å². The van der Waals surface area contributed by atoms with E-state index in [0.717, 1.165) is 27.8 Å². The van der Waals surface area contributed by atoms with Crippen molar-refractivity contribution in [2.45, 2.75) is 58.2 Å². The summed E-state index contributed by atoms with van der Waals surface area (Å²) in [5.41, 5.74) is 15.7. The Morgan fingerprint density at radius 3 is 2.50 bits per heavy atom. The van der Waals surface area contributed by atoms with Crippen molar-refractivity contribution in [2.75, 3.05) is 31.2 Å². The number of carbonyl (C=O) groups is 1. The SMILES string of the molecule is CCOc1cc(Cc2cnc(N)nc2N)cc2c1OC1(C=C2c2ccc(C#N)cc2)CCN(C(=O)OC(C)(C)C)CC1. The average Bonchev–Trinajstić information content (AvgIpc) is 2.94. The Balaban J connectivity index is 1.56. The number of amides is 1. The van der Waals surface area contributed by atoms with Gasteiger partial charge in [-0.25, -0.2) is 9.78 Å². The van der Waals surface area contributed by atoms with Gasteiger partial charge in [-0.3, -0.25) is 0 Å². The molecular formula is C32H36N6O4. The van der Waals surface area contributed by atoms with E-state index in [1.807, 2.05) is 58.0 Å². The monoisotopic (exact) mass is 568 g/mol. The van der Waals surface area contributed by atoms with Crippen molar-refractivity contribution in [3.8, 4) is 17.6 Å². The van der Waals surface area contributed by atoms with Crippen molar-refractivity contribution in [1.82, 2.24) is 14.9 Å². The van der Waals surface area contributed by atoms with E-state index in [1.165, 1.54) is 0 Å². The Morgan fingerprint density at radius 2 is 1.88 bits per heavy atom. The van der Waals surface area contributed by atoms with Gasteiger partial charge in [0.1, 0.15) is 17.0 Å². The van der Waals surface area contributed by atoms with Gasteiger partial charge < -0.3 is 30.6 Å². The fraction of sp³-hybridized carbons (Fsp3) is 0.375. The minimum absolute atomic E-state index is 0.124. The second-order valence-corrected chi connectivity index (χ2v) is 11.6. The second kappa shape index (κ2) is 11.2. The van der Waals surface area contributed by atoms with E-state index in [1.54, 1.807) is 11.1 Å². The third-order valence-electron chi connectivity index (χ3n) is 7.32. The smallest absolute Gasteiger partial charge is 0.410 e. The highest BCUT2D eigenvalue weighted by Gasteiger charge is 2.42. The normalized spacial score (nSPS) is 15.7. The summed E-state index contributed by atoms with van der Waals surface area (Å²) in [6.07, 6.45) is 5.10. The zero-order valence-electron chi connectivity index (χ0n) is 24.4. The molecule has 1 amide bonds. The zero-order chi connectivity index (χ0) is 30.1. The molecule has 0 saturated carbocycles. The molecule has 5 rings (SSSR count). The summed E-state index contributed by atoms with van der Waals surface area (Å²) in [5.74, 6) is 1.72. The van der Waals surface area contributed by atoms with Crippen molar-refractivity contribution in [1.29, 1.82) is 5.26 Å². The van der Waals surface area contributed by atoms with E-state index in [0.29, 0.717) is 61.8 Å². The first-order valence-electron chi connectivity index (χ1n) is 14.1. The number of likely N-dealkylation sites (tertiary alicyclic amines) is 1. The number of ether oxygens (including phenoxy) is 3. The Bertz CT molecular complexity index is 1560. The van der Waals surface area contributed by atoms with Gasteiger partial charge in [-0.05, 0) is 74.7 Å². The molecule has 1 saturated heterocycles. The average molecular weight is 569 g/mol. The Kier molecular flexibility index (Phi) is 7.69. The summed E-state index contributed by atoms with van der Waals surface area (Å²) in [6, 6.07) is 13.7. The van der Waals surface area contributed by atoms with Gasteiger partial charge in [-0.2, -0.15) is 10.2 Å². The van der Waals surface area contributed by atoms with Crippen LogP contribution in [-0.4, -0.2) is 51.9 Å². The molecule has 0 bridgehead atoms. The fourth-order valence-electron chi connectivity index (χ4n) is 5.30. The number of anilines is 2. The van der Waals surface area contributed by atoms with Crippen LogP contribution in [0.4, 0.5) is 16.6 Å². The summed E-state index contributed by atoms with van der Waals surface area (Å²) < 4.78 is 18.6. The number of hydrogen-bond donors (Lipinski definition) is 2. The van der Waals surface area contributed by atoms with Gasteiger partial charge in [0.25, 0.3) is 0 Å². The second-order valence-electron chi connectivity index (χ2n) is 11.6. The minimum Gasteiger partial charge on any atom is -0.490 e. The Hall–Kier alpha value is -4.78. The zero-order valence-corrected chi connectivity index (χ0v) is 24.4. The van der Waals surface area contributed by atoms with Gasteiger partial charge >= 0.3 is 6.09 Å². The van der Waals surface area contributed by atoms with Crippen LogP contribution in [0.15, 0.2) is 48.7 Å². The molecule has 218 valence electrons. The van der Waals surface area contributed by atoms with Gasteiger partial charge in [0, 0.05) is 49.7 Å². The number of nitrogen functional groups attached to an aromatic ring is 2. The molecule has 1 spiro atoms. The number of nitrogens with zero attached hydrogens (tertiary/aromatic N) is 4. The molecule has 4 N–H and O–H groups in total. The minimum atomic E-state index is -0.655. The van der Waals surface area contributed by atoms with Crippen LogP contribution in [0.3, 0.4) is 0 Å². The molecule has 0 atom stereocenters. The number of nitrogens with two attached hydrogens (primary N) is 2. The molecule has 10 nitrogen and oxygen atoms in total. The molecule has 1 aromatic heterocycles. The van der Waals surface area contributed by atoms with Gasteiger partial charge in [-0.15, -0.1) is 0 Å². The third kappa shape index (κ3) is 6.10. The summed E-state index contributed by atoms with van der Waals surface area (Å²) >= 11 is 0. The number of benzene rings is 2. The molecule has 2 aliphatic heterocycles. The molecule has 0 aliphatic carbocycles. The number of hydrogen-bond acceptors (Lipinski definition) is 9. The van der Waals surface area contributed by atoms with E-state index >= 15 is 0 Å². The Labute approximate surface area is 245 Å². The lowest BCUT2D eigenvalue weighted by Gasteiger charge is -2.43. The van der Waals surface area contributed by atoms with Crippen LogP contribution in [0.5, 0.6) is 11.5 Å². The molecule has 3 aromatic rings. The lowest BCUT2D eigenvalue weighted by Crippen LogP contribution is -2.50. The maximum Gasteiger partial charge on any atom is 0.410 e. The summed E-state index contributed by atoms with van der Waals surface area (Å²) in [4.78, 5) is 22.7. The van der Waals surface area contributed by atoms with Crippen molar-refractivity contribution < 1.29 is 19.0 Å². The molecule has 0 radical (unpaired) electrons. The van der Waals surface area contributed by atoms with Crippen LogP contribution >= 0.6 is 0 Å². The Morgan fingerprint density at radius 1 is 1.17 bits per heavy atom. The number of rotatable bonds is 5. The number of fused-ring (bicyclic) bond motifs is 1. The lowest BCUT2D eigenvalue weighted by molar-refractivity contribution is -0.00189. The molecule has 3 heterocycles. The van der Waals surface area contributed by atoms with Gasteiger partial charge in [0.2, 0.25) is 5.95 Å². The molecule has 2 aromatic carbocycles. The number of aromatic nitrogens is 2.